The molecule has 0 fully saturated rings. The molecule has 0 aliphatic rings. The maximum absolute atomic E-state index is 13.2. The number of halogens is 4. The molecule has 0 aliphatic carbocycles. The van der Waals surface area contributed by atoms with Gasteiger partial charge in [0.15, 0.2) is 17.4 Å². The molecule has 1 aromatic rings. The molecule has 1 rings (SSSR count). The van der Waals surface area contributed by atoms with Crippen molar-refractivity contribution in [1.29, 1.82) is 0 Å². The van der Waals surface area contributed by atoms with E-state index in [1.807, 2.05) is 6.92 Å². The molecule has 0 atom stereocenters. The molecule has 0 bridgehead atoms. The van der Waals surface area contributed by atoms with Crippen molar-refractivity contribution < 1.29 is 22.3 Å². The van der Waals surface area contributed by atoms with Gasteiger partial charge in [-0.05, 0) is 18.5 Å². The molecule has 0 radical (unpaired) electrons. The van der Waals surface area contributed by atoms with E-state index in [9.17, 15) is 17.6 Å². The zero-order chi connectivity index (χ0) is 14.4. The average Bonchev–Trinajstić information content (AvgIpc) is 2.37. The van der Waals surface area contributed by atoms with E-state index in [0.29, 0.717) is 12.1 Å². The van der Waals surface area contributed by atoms with E-state index in [-0.39, 0.29) is 12.7 Å². The minimum Gasteiger partial charge on any atom is -0.483 e. The number of rotatable bonds is 7. The molecule has 0 spiro atoms. The number of hydrogen-bond acceptors (Lipinski definition) is 2. The SMILES string of the molecule is C=C(CNCCC)COc1c(F)c(F)cc(F)c1F. The topological polar surface area (TPSA) is 21.3 Å². The Hall–Kier alpha value is -1.56. The van der Waals surface area contributed by atoms with Crippen LogP contribution in [0.2, 0.25) is 0 Å². The van der Waals surface area contributed by atoms with Gasteiger partial charge < -0.3 is 10.1 Å². The summed E-state index contributed by atoms with van der Waals surface area (Å²) in [6.07, 6.45) is 0.923. The van der Waals surface area contributed by atoms with Crippen LogP contribution in [-0.2, 0) is 0 Å². The maximum atomic E-state index is 13.2. The van der Waals surface area contributed by atoms with Crippen LogP contribution in [0.1, 0.15) is 13.3 Å². The number of ether oxygens (including phenoxy) is 1. The van der Waals surface area contributed by atoms with Gasteiger partial charge in [0, 0.05) is 12.6 Å². The van der Waals surface area contributed by atoms with Crippen LogP contribution >= 0.6 is 0 Å². The molecule has 2 nitrogen and oxygen atoms in total. The molecule has 0 saturated carbocycles. The van der Waals surface area contributed by atoms with Gasteiger partial charge in [0.25, 0.3) is 0 Å². The van der Waals surface area contributed by atoms with Crippen molar-refractivity contribution in [3.63, 3.8) is 0 Å². The lowest BCUT2D eigenvalue weighted by Gasteiger charge is -2.11. The normalized spacial score (nSPS) is 10.6. The first-order valence-electron chi connectivity index (χ1n) is 5.80. The van der Waals surface area contributed by atoms with Gasteiger partial charge in [0.1, 0.15) is 6.61 Å². The summed E-state index contributed by atoms with van der Waals surface area (Å²) in [6.45, 7) is 6.53. The fraction of sp³-hybridized carbons (Fsp3) is 0.385. The van der Waals surface area contributed by atoms with Crippen molar-refractivity contribution in [2.45, 2.75) is 13.3 Å². The van der Waals surface area contributed by atoms with Crippen molar-refractivity contribution >= 4 is 0 Å². The highest BCUT2D eigenvalue weighted by Crippen LogP contribution is 2.26. The zero-order valence-corrected chi connectivity index (χ0v) is 10.5. The summed E-state index contributed by atoms with van der Waals surface area (Å²) in [4.78, 5) is 0. The van der Waals surface area contributed by atoms with Gasteiger partial charge in [-0.25, -0.2) is 8.78 Å². The Morgan fingerprint density at radius 2 is 1.79 bits per heavy atom. The number of benzene rings is 1. The summed E-state index contributed by atoms with van der Waals surface area (Å²) in [6, 6.07) is 0.134. The Labute approximate surface area is 109 Å². The highest BCUT2D eigenvalue weighted by atomic mass is 19.2. The maximum Gasteiger partial charge on any atom is 0.203 e. The second kappa shape index (κ2) is 7.13. The Morgan fingerprint density at radius 3 is 2.32 bits per heavy atom. The minimum absolute atomic E-state index is 0.134. The first-order chi connectivity index (χ1) is 8.97. The molecule has 0 amide bonds. The Kier molecular flexibility index (Phi) is 5.82. The zero-order valence-electron chi connectivity index (χ0n) is 10.5. The monoisotopic (exact) mass is 277 g/mol. The fourth-order valence-corrected chi connectivity index (χ4v) is 1.35. The molecule has 0 heterocycles. The van der Waals surface area contributed by atoms with Crippen molar-refractivity contribution in [3.05, 3.63) is 41.5 Å². The third-order valence-electron chi connectivity index (χ3n) is 2.29. The summed E-state index contributed by atoms with van der Waals surface area (Å²) in [5.41, 5.74) is 0.511. The van der Waals surface area contributed by atoms with Crippen molar-refractivity contribution in [1.82, 2.24) is 5.32 Å². The third-order valence-corrected chi connectivity index (χ3v) is 2.29. The molecule has 1 N–H and O–H groups in total. The molecule has 0 aliphatic heterocycles. The van der Waals surface area contributed by atoms with Crippen LogP contribution < -0.4 is 10.1 Å². The van der Waals surface area contributed by atoms with Crippen LogP contribution in [0.15, 0.2) is 18.2 Å². The Bertz CT molecular complexity index is 436. The molecule has 106 valence electrons. The van der Waals surface area contributed by atoms with E-state index in [0.717, 1.165) is 13.0 Å². The fourth-order valence-electron chi connectivity index (χ4n) is 1.35. The first kappa shape index (κ1) is 15.5. The lowest BCUT2D eigenvalue weighted by Crippen LogP contribution is -2.20. The highest BCUT2D eigenvalue weighted by molar-refractivity contribution is 5.29. The van der Waals surface area contributed by atoms with E-state index >= 15 is 0 Å². The quantitative estimate of drug-likeness (QED) is 0.358. The minimum atomic E-state index is -1.55. The lowest BCUT2D eigenvalue weighted by molar-refractivity contribution is 0.293. The summed E-state index contributed by atoms with van der Waals surface area (Å²) in [7, 11) is 0. The van der Waals surface area contributed by atoms with Crippen LogP contribution in [0, 0.1) is 23.3 Å². The third kappa shape index (κ3) is 4.24. The van der Waals surface area contributed by atoms with Gasteiger partial charge in [-0.2, -0.15) is 8.78 Å². The van der Waals surface area contributed by atoms with E-state index in [1.54, 1.807) is 0 Å². The predicted octanol–water partition coefficient (Wildman–Crippen LogP) is 3.18. The smallest absolute Gasteiger partial charge is 0.203 e. The van der Waals surface area contributed by atoms with E-state index in [4.69, 9.17) is 4.74 Å². The highest BCUT2D eigenvalue weighted by Gasteiger charge is 2.20. The van der Waals surface area contributed by atoms with Crippen molar-refractivity contribution in [2.24, 2.45) is 0 Å². The molecule has 1 aromatic carbocycles. The average molecular weight is 277 g/mol. The summed E-state index contributed by atoms with van der Waals surface area (Å²) < 4.78 is 57.0. The lowest BCUT2D eigenvalue weighted by atomic mass is 10.2. The molecule has 0 unspecified atom stereocenters. The summed E-state index contributed by atoms with van der Waals surface area (Å²) in [5, 5.41) is 3.01. The van der Waals surface area contributed by atoms with E-state index < -0.39 is 29.0 Å². The van der Waals surface area contributed by atoms with E-state index in [2.05, 4.69) is 11.9 Å². The standard InChI is InChI=1S/C13H15F4NO/c1-3-4-18-6-8(2)7-19-13-11(16)9(14)5-10(15)12(13)17/h5,18H,2-4,6-7H2,1H3. The molecule has 19 heavy (non-hydrogen) atoms. The largest absolute Gasteiger partial charge is 0.483 e. The van der Waals surface area contributed by atoms with Crippen LogP contribution in [0.5, 0.6) is 5.75 Å². The van der Waals surface area contributed by atoms with Crippen LogP contribution in [0.3, 0.4) is 0 Å². The van der Waals surface area contributed by atoms with Gasteiger partial charge in [0.05, 0.1) is 0 Å². The second-order valence-electron chi connectivity index (χ2n) is 4.01. The number of nitrogens with one attached hydrogen (secondary N) is 1. The Balaban J connectivity index is 2.65. The number of hydrogen-bond donors (Lipinski definition) is 1. The van der Waals surface area contributed by atoms with Crippen molar-refractivity contribution in [2.75, 3.05) is 19.7 Å². The van der Waals surface area contributed by atoms with Crippen LogP contribution in [0.25, 0.3) is 0 Å². The van der Waals surface area contributed by atoms with Crippen LogP contribution in [0.4, 0.5) is 17.6 Å². The molecule has 6 heteroatoms. The first-order valence-corrected chi connectivity index (χ1v) is 5.80. The van der Waals surface area contributed by atoms with Gasteiger partial charge in [-0.1, -0.05) is 13.5 Å². The van der Waals surface area contributed by atoms with Crippen LogP contribution in [-0.4, -0.2) is 19.7 Å². The molecule has 0 aromatic heterocycles. The van der Waals surface area contributed by atoms with Gasteiger partial charge in [-0.3, -0.25) is 0 Å². The second-order valence-corrected chi connectivity index (χ2v) is 4.01. The van der Waals surface area contributed by atoms with Gasteiger partial charge >= 0.3 is 0 Å². The molecule has 0 saturated heterocycles. The van der Waals surface area contributed by atoms with E-state index in [1.165, 1.54) is 0 Å². The molecular weight excluding hydrogens is 262 g/mol. The summed E-state index contributed by atoms with van der Waals surface area (Å²) in [5.74, 6) is -7.15. The molecular formula is C13H15F4NO. The predicted molar refractivity (Wildman–Crippen MR) is 64.1 cm³/mol. The van der Waals surface area contributed by atoms with Gasteiger partial charge in [-0.15, -0.1) is 0 Å². The van der Waals surface area contributed by atoms with Crippen molar-refractivity contribution in [3.8, 4) is 5.75 Å². The van der Waals surface area contributed by atoms with Gasteiger partial charge in [0.2, 0.25) is 11.6 Å². The summed E-state index contributed by atoms with van der Waals surface area (Å²) >= 11 is 0. The Morgan fingerprint density at radius 1 is 1.21 bits per heavy atom.